The zero-order chi connectivity index (χ0) is 32.5. The molecular formula is C27H40BrClN9O5+. The SMILES string of the molecule is CBr.CCn1c(CNC(=O)c2nc(Cl)c(N)nc2N)[n+](CC(=O)N(C)C)c2ccc(OCCNC(=O)OC(C)(C)C)cc21. The fourth-order valence-electron chi connectivity index (χ4n) is 3.95. The highest BCUT2D eigenvalue weighted by Gasteiger charge is 2.28. The summed E-state index contributed by atoms with van der Waals surface area (Å²) >= 11 is 8.88. The van der Waals surface area contributed by atoms with Gasteiger partial charge in [0.25, 0.3) is 17.6 Å². The second kappa shape index (κ2) is 15.6. The topological polar surface area (TPSA) is 184 Å². The lowest BCUT2D eigenvalue weighted by Crippen LogP contribution is -2.46. The van der Waals surface area contributed by atoms with Crippen molar-refractivity contribution in [2.45, 2.75) is 52.9 Å². The summed E-state index contributed by atoms with van der Waals surface area (Å²) in [5, 5.41) is 5.32. The largest absolute Gasteiger partial charge is 0.492 e. The Morgan fingerprint density at radius 1 is 1.12 bits per heavy atom. The molecule has 3 aromatic rings. The van der Waals surface area contributed by atoms with Gasteiger partial charge in [0.1, 0.15) is 24.5 Å². The average Bonchev–Trinajstić information content (AvgIpc) is 3.23. The minimum absolute atomic E-state index is 0.0390. The summed E-state index contributed by atoms with van der Waals surface area (Å²) in [6.07, 6.45) is -0.524. The van der Waals surface area contributed by atoms with Gasteiger partial charge in [-0.05, 0) is 45.7 Å². The number of benzene rings is 1. The van der Waals surface area contributed by atoms with Gasteiger partial charge < -0.3 is 36.5 Å². The molecule has 0 atom stereocenters. The number of carbonyl (C=O) groups is 3. The first-order chi connectivity index (χ1) is 20.2. The van der Waals surface area contributed by atoms with Gasteiger partial charge >= 0.3 is 6.09 Å². The lowest BCUT2D eigenvalue weighted by Gasteiger charge is -2.19. The van der Waals surface area contributed by atoms with E-state index in [1.54, 1.807) is 40.9 Å². The first-order valence-corrected chi connectivity index (χ1v) is 15.3. The molecule has 0 spiro atoms. The molecule has 1 aromatic carbocycles. The number of rotatable bonds is 10. The summed E-state index contributed by atoms with van der Waals surface area (Å²) < 4.78 is 14.9. The molecule has 3 rings (SSSR count). The van der Waals surface area contributed by atoms with Crippen molar-refractivity contribution in [3.63, 3.8) is 0 Å². The third kappa shape index (κ3) is 9.58. The highest BCUT2D eigenvalue weighted by molar-refractivity contribution is 9.08. The standard InChI is InChI=1S/C26H36ClN9O5.CH3Br/c1-7-35-17-12-15(40-11-10-30-25(39)41-26(2,3)4)8-9-16(17)36(14-19(37)34(5)6)18(35)13-31-24(38)20-22(28)33-23(29)21(27)32-20;1-2/h8-9,12H,7,10-11,13-14H2,1-6H3,(H5-,28,29,30,31,33,38,39);1H3/p+1. The number of nitrogens with one attached hydrogen (secondary N) is 2. The van der Waals surface area contributed by atoms with E-state index in [0.717, 1.165) is 11.0 Å². The molecular weight excluding hydrogens is 646 g/mol. The van der Waals surface area contributed by atoms with Gasteiger partial charge in [-0.2, -0.15) is 0 Å². The summed E-state index contributed by atoms with van der Waals surface area (Å²) in [6.45, 7) is 8.39. The molecule has 16 heteroatoms. The van der Waals surface area contributed by atoms with Crippen LogP contribution >= 0.6 is 27.5 Å². The lowest BCUT2D eigenvalue weighted by atomic mass is 10.2. The van der Waals surface area contributed by atoms with Crippen molar-refractivity contribution in [1.82, 2.24) is 30.1 Å². The smallest absolute Gasteiger partial charge is 0.407 e. The molecule has 2 aromatic heterocycles. The van der Waals surface area contributed by atoms with E-state index in [0.29, 0.717) is 18.1 Å². The van der Waals surface area contributed by atoms with Crippen LogP contribution in [0.4, 0.5) is 16.4 Å². The van der Waals surface area contributed by atoms with E-state index in [2.05, 4.69) is 36.5 Å². The summed E-state index contributed by atoms with van der Waals surface area (Å²) in [5.41, 5.74) is 12.3. The van der Waals surface area contributed by atoms with Crippen LogP contribution < -0.4 is 31.4 Å². The molecule has 0 radical (unpaired) electrons. The number of nitrogens with zero attached hydrogens (tertiary/aromatic N) is 5. The fourth-order valence-corrected chi connectivity index (χ4v) is 4.07. The molecule has 6 N–H and O–H groups in total. The van der Waals surface area contributed by atoms with E-state index < -0.39 is 17.6 Å². The van der Waals surface area contributed by atoms with Crippen LogP contribution in [0.3, 0.4) is 0 Å². The second-order valence-corrected chi connectivity index (χ2v) is 10.6. The number of nitrogens with two attached hydrogens (primary N) is 2. The molecule has 0 saturated heterocycles. The third-order valence-corrected chi connectivity index (χ3v) is 6.10. The number of hydrogen-bond acceptors (Lipinski definition) is 9. The van der Waals surface area contributed by atoms with Gasteiger partial charge in [-0.1, -0.05) is 27.5 Å². The number of nitrogen functional groups attached to an aromatic ring is 2. The van der Waals surface area contributed by atoms with Crippen molar-refractivity contribution in [3.8, 4) is 5.75 Å². The Kier molecular flexibility index (Phi) is 12.8. The van der Waals surface area contributed by atoms with Gasteiger partial charge in [-0.15, -0.1) is 0 Å². The molecule has 0 aliphatic heterocycles. The summed E-state index contributed by atoms with van der Waals surface area (Å²) in [5.74, 6) is 2.07. The Morgan fingerprint density at radius 2 is 1.79 bits per heavy atom. The predicted molar refractivity (Wildman–Crippen MR) is 168 cm³/mol. The molecule has 236 valence electrons. The van der Waals surface area contributed by atoms with Gasteiger partial charge in [0.2, 0.25) is 0 Å². The molecule has 0 aliphatic carbocycles. The quantitative estimate of drug-likeness (QED) is 0.142. The number of alkyl carbamates (subject to hydrolysis) is 1. The number of imidazole rings is 1. The number of ether oxygens (including phenoxy) is 2. The van der Waals surface area contributed by atoms with Crippen molar-refractivity contribution in [2.24, 2.45) is 0 Å². The first kappa shape index (κ1) is 35.3. The van der Waals surface area contributed by atoms with Crippen molar-refractivity contribution < 1.29 is 28.4 Å². The van der Waals surface area contributed by atoms with Crippen molar-refractivity contribution in [3.05, 3.63) is 34.9 Å². The van der Waals surface area contributed by atoms with Crippen LogP contribution in [0.15, 0.2) is 18.2 Å². The molecule has 3 amide bonds. The number of aryl methyl sites for hydroxylation is 1. The number of hydrogen-bond donors (Lipinski definition) is 4. The molecule has 43 heavy (non-hydrogen) atoms. The van der Waals surface area contributed by atoms with Crippen molar-refractivity contribution >= 4 is 68.1 Å². The average molecular weight is 686 g/mol. The van der Waals surface area contributed by atoms with E-state index in [9.17, 15) is 14.4 Å². The van der Waals surface area contributed by atoms with Gasteiger partial charge in [0, 0.05) is 20.2 Å². The van der Waals surface area contributed by atoms with E-state index in [1.165, 1.54) is 4.90 Å². The second-order valence-electron chi connectivity index (χ2n) is 10.3. The molecule has 0 bridgehead atoms. The number of fused-ring (bicyclic) bond motifs is 1. The Morgan fingerprint density at radius 3 is 2.40 bits per heavy atom. The van der Waals surface area contributed by atoms with Crippen LogP contribution in [-0.2, 0) is 29.2 Å². The Labute approximate surface area is 264 Å². The normalized spacial score (nSPS) is 10.9. The Balaban J connectivity index is 0.00000316. The molecule has 14 nitrogen and oxygen atoms in total. The zero-order valence-corrected chi connectivity index (χ0v) is 27.8. The maximum Gasteiger partial charge on any atom is 0.407 e. The number of anilines is 2. The van der Waals surface area contributed by atoms with Crippen molar-refractivity contribution in [2.75, 3.05) is 44.5 Å². The number of amides is 3. The molecule has 0 aliphatic rings. The minimum atomic E-state index is -0.600. The van der Waals surface area contributed by atoms with Crippen LogP contribution in [0.5, 0.6) is 5.75 Å². The number of alkyl halides is 1. The maximum atomic E-state index is 12.9. The Bertz CT molecular complexity index is 1460. The van der Waals surface area contributed by atoms with E-state index in [-0.39, 0.29) is 54.6 Å². The maximum absolute atomic E-state index is 12.9. The highest BCUT2D eigenvalue weighted by atomic mass is 79.9. The van der Waals surface area contributed by atoms with Crippen LogP contribution in [0, 0.1) is 0 Å². The van der Waals surface area contributed by atoms with Crippen LogP contribution in [0.1, 0.15) is 44.0 Å². The minimum Gasteiger partial charge on any atom is -0.492 e. The van der Waals surface area contributed by atoms with Crippen molar-refractivity contribution in [1.29, 1.82) is 0 Å². The van der Waals surface area contributed by atoms with E-state index in [4.69, 9.17) is 32.5 Å². The van der Waals surface area contributed by atoms with Crippen LogP contribution in [0.25, 0.3) is 11.0 Å². The van der Waals surface area contributed by atoms with Gasteiger partial charge in [-0.3, -0.25) is 9.59 Å². The van der Waals surface area contributed by atoms with Crippen LogP contribution in [0.2, 0.25) is 5.15 Å². The monoisotopic (exact) mass is 684 g/mol. The lowest BCUT2D eigenvalue weighted by molar-refractivity contribution is -0.668. The molecule has 0 unspecified atom stereocenters. The van der Waals surface area contributed by atoms with Gasteiger partial charge in [-0.25, -0.2) is 23.9 Å². The van der Waals surface area contributed by atoms with Crippen LogP contribution in [-0.4, -0.2) is 76.0 Å². The van der Waals surface area contributed by atoms with Gasteiger partial charge in [0.15, 0.2) is 40.1 Å². The number of halogens is 2. The zero-order valence-electron chi connectivity index (χ0n) is 25.5. The third-order valence-electron chi connectivity index (χ3n) is 5.83. The highest BCUT2D eigenvalue weighted by Crippen LogP contribution is 2.22. The van der Waals surface area contributed by atoms with E-state index >= 15 is 0 Å². The first-order valence-electron chi connectivity index (χ1n) is 13.3. The number of carbonyl (C=O) groups excluding carboxylic acids is 3. The fraction of sp³-hybridized carbons (Fsp3) is 0.481. The summed E-state index contributed by atoms with van der Waals surface area (Å²) in [4.78, 5) is 46.9. The number of aromatic nitrogens is 4. The molecule has 0 saturated carbocycles. The van der Waals surface area contributed by atoms with E-state index in [1.807, 2.05) is 34.0 Å². The summed E-state index contributed by atoms with van der Waals surface area (Å²) in [6, 6.07) is 5.47. The Hall–Kier alpha value is -3.85. The summed E-state index contributed by atoms with van der Waals surface area (Å²) in [7, 11) is 3.35. The number of likely N-dealkylation sites (N-methyl/N-ethyl adjacent to an activating group) is 1. The molecule has 2 heterocycles. The molecule has 0 fully saturated rings. The predicted octanol–water partition coefficient (Wildman–Crippen LogP) is 2.49. The van der Waals surface area contributed by atoms with Gasteiger partial charge in [0.05, 0.1) is 13.1 Å².